The Balaban J connectivity index is 1.69. The molecular formula is C10H19NO. The number of aliphatic hydroxyl groups excluding tert-OH is 1. The lowest BCUT2D eigenvalue weighted by Crippen LogP contribution is -2.24. The maximum Gasteiger partial charge on any atom is 0.0471 e. The molecule has 2 fully saturated rings. The highest BCUT2D eigenvalue weighted by Gasteiger charge is 2.35. The van der Waals surface area contributed by atoms with Crippen LogP contribution in [0.2, 0.25) is 0 Å². The smallest absolute Gasteiger partial charge is 0.0471 e. The molecule has 1 aliphatic heterocycles. The number of hydrogen-bond acceptors (Lipinski definition) is 2. The molecule has 3 unspecified atom stereocenters. The average molecular weight is 169 g/mol. The van der Waals surface area contributed by atoms with Crippen molar-refractivity contribution in [1.82, 2.24) is 4.90 Å². The van der Waals surface area contributed by atoms with Crippen LogP contribution in [0, 0.1) is 17.8 Å². The molecule has 0 aromatic heterocycles. The summed E-state index contributed by atoms with van der Waals surface area (Å²) in [6.45, 7) is 6.37. The normalized spacial score (nSPS) is 42.0. The van der Waals surface area contributed by atoms with Crippen LogP contribution in [0.4, 0.5) is 0 Å². The van der Waals surface area contributed by atoms with E-state index >= 15 is 0 Å². The van der Waals surface area contributed by atoms with Crippen molar-refractivity contribution in [3.63, 3.8) is 0 Å². The Morgan fingerprint density at radius 1 is 1.50 bits per heavy atom. The van der Waals surface area contributed by atoms with Crippen molar-refractivity contribution in [1.29, 1.82) is 0 Å². The van der Waals surface area contributed by atoms with E-state index in [2.05, 4.69) is 11.8 Å². The Bertz CT molecular complexity index is 160. The van der Waals surface area contributed by atoms with Crippen molar-refractivity contribution in [3.05, 3.63) is 0 Å². The monoisotopic (exact) mass is 169 g/mol. The van der Waals surface area contributed by atoms with Crippen LogP contribution in [0.3, 0.4) is 0 Å². The van der Waals surface area contributed by atoms with E-state index < -0.39 is 0 Å². The first kappa shape index (κ1) is 8.52. The topological polar surface area (TPSA) is 23.5 Å². The third-order valence-corrected chi connectivity index (χ3v) is 3.40. The second-order valence-corrected chi connectivity index (χ2v) is 4.57. The first-order chi connectivity index (χ1) is 5.79. The van der Waals surface area contributed by atoms with Crippen LogP contribution < -0.4 is 0 Å². The number of aliphatic hydroxyl groups is 1. The van der Waals surface area contributed by atoms with Gasteiger partial charge in [0.25, 0.3) is 0 Å². The molecule has 2 rings (SSSR count). The van der Waals surface area contributed by atoms with Gasteiger partial charge in [0, 0.05) is 19.7 Å². The van der Waals surface area contributed by atoms with Gasteiger partial charge in [-0.2, -0.15) is 0 Å². The van der Waals surface area contributed by atoms with Gasteiger partial charge in [-0.15, -0.1) is 0 Å². The molecule has 1 saturated carbocycles. The second kappa shape index (κ2) is 3.35. The van der Waals surface area contributed by atoms with E-state index in [1.165, 1.54) is 25.9 Å². The highest BCUT2D eigenvalue weighted by molar-refractivity contribution is 4.87. The molecule has 1 N–H and O–H groups in total. The Kier molecular flexibility index (Phi) is 2.37. The fraction of sp³-hybridized carbons (Fsp3) is 1.00. The van der Waals surface area contributed by atoms with Gasteiger partial charge in [-0.1, -0.05) is 6.92 Å². The Morgan fingerprint density at radius 2 is 2.25 bits per heavy atom. The first-order valence-electron chi connectivity index (χ1n) is 5.13. The molecule has 2 aliphatic rings. The number of nitrogens with zero attached hydrogens (tertiary/aromatic N) is 1. The summed E-state index contributed by atoms with van der Waals surface area (Å²) in [5.41, 5.74) is 0. The van der Waals surface area contributed by atoms with Crippen LogP contribution in [0.5, 0.6) is 0 Å². The van der Waals surface area contributed by atoms with Gasteiger partial charge in [0.2, 0.25) is 0 Å². The van der Waals surface area contributed by atoms with Crippen molar-refractivity contribution < 1.29 is 5.11 Å². The minimum absolute atomic E-state index is 0.386. The molecule has 0 radical (unpaired) electrons. The van der Waals surface area contributed by atoms with Gasteiger partial charge in [0.05, 0.1) is 0 Å². The molecule has 12 heavy (non-hydrogen) atoms. The zero-order chi connectivity index (χ0) is 8.55. The Hall–Kier alpha value is -0.0800. The molecule has 70 valence electrons. The summed E-state index contributed by atoms with van der Waals surface area (Å²) in [5.74, 6) is 2.51. The average Bonchev–Trinajstić information content (AvgIpc) is 2.61. The van der Waals surface area contributed by atoms with Crippen LogP contribution in [0.25, 0.3) is 0 Å². The van der Waals surface area contributed by atoms with E-state index in [1.54, 1.807) is 0 Å². The van der Waals surface area contributed by atoms with E-state index in [4.69, 9.17) is 5.11 Å². The van der Waals surface area contributed by atoms with Crippen LogP contribution >= 0.6 is 0 Å². The fourth-order valence-corrected chi connectivity index (χ4v) is 2.21. The van der Waals surface area contributed by atoms with Crippen LogP contribution in [0.15, 0.2) is 0 Å². The van der Waals surface area contributed by atoms with Crippen LogP contribution in [0.1, 0.15) is 19.8 Å². The van der Waals surface area contributed by atoms with Crippen molar-refractivity contribution in [3.8, 4) is 0 Å². The van der Waals surface area contributed by atoms with Gasteiger partial charge < -0.3 is 10.0 Å². The maximum atomic E-state index is 8.96. The lowest BCUT2D eigenvalue weighted by molar-refractivity contribution is 0.219. The highest BCUT2D eigenvalue weighted by atomic mass is 16.3. The fourth-order valence-electron chi connectivity index (χ4n) is 2.21. The van der Waals surface area contributed by atoms with Crippen molar-refractivity contribution in [2.75, 3.05) is 26.2 Å². The SMILES string of the molecule is CC1CC1CN1CCC(CO)C1. The molecule has 1 aliphatic carbocycles. The van der Waals surface area contributed by atoms with Crippen LogP contribution in [-0.2, 0) is 0 Å². The highest BCUT2D eigenvalue weighted by Crippen LogP contribution is 2.38. The van der Waals surface area contributed by atoms with Gasteiger partial charge in [-0.25, -0.2) is 0 Å². The maximum absolute atomic E-state index is 8.96. The van der Waals surface area contributed by atoms with Crippen molar-refractivity contribution in [2.45, 2.75) is 19.8 Å². The third-order valence-electron chi connectivity index (χ3n) is 3.40. The molecule has 2 nitrogen and oxygen atoms in total. The van der Waals surface area contributed by atoms with E-state index in [1.807, 2.05) is 0 Å². The summed E-state index contributed by atoms with van der Waals surface area (Å²) in [6.07, 6.45) is 2.64. The van der Waals surface area contributed by atoms with Crippen LogP contribution in [-0.4, -0.2) is 36.2 Å². The zero-order valence-corrected chi connectivity index (χ0v) is 7.87. The predicted molar refractivity (Wildman–Crippen MR) is 48.9 cm³/mol. The third kappa shape index (κ3) is 1.80. The zero-order valence-electron chi connectivity index (χ0n) is 7.87. The predicted octanol–water partition coefficient (Wildman–Crippen LogP) is 0.957. The van der Waals surface area contributed by atoms with E-state index in [0.29, 0.717) is 12.5 Å². The molecule has 3 atom stereocenters. The second-order valence-electron chi connectivity index (χ2n) is 4.57. The van der Waals surface area contributed by atoms with Gasteiger partial charge in [-0.3, -0.25) is 0 Å². The lowest BCUT2D eigenvalue weighted by atomic mass is 10.1. The summed E-state index contributed by atoms with van der Waals surface area (Å²) in [7, 11) is 0. The molecule has 1 saturated heterocycles. The molecule has 2 heteroatoms. The molecule has 0 aromatic rings. The standard InChI is InChI=1S/C10H19NO/c1-8-4-10(8)6-11-3-2-9(5-11)7-12/h8-10,12H,2-7H2,1H3. The summed E-state index contributed by atoms with van der Waals surface area (Å²) in [5, 5.41) is 8.96. The van der Waals surface area contributed by atoms with Gasteiger partial charge >= 0.3 is 0 Å². The van der Waals surface area contributed by atoms with Crippen molar-refractivity contribution in [2.24, 2.45) is 17.8 Å². The molecule has 0 spiro atoms. The largest absolute Gasteiger partial charge is 0.396 e. The lowest BCUT2D eigenvalue weighted by Gasteiger charge is -2.14. The summed E-state index contributed by atoms with van der Waals surface area (Å²) in [4.78, 5) is 2.52. The van der Waals surface area contributed by atoms with Gasteiger partial charge in [0.1, 0.15) is 0 Å². The minimum Gasteiger partial charge on any atom is -0.396 e. The van der Waals surface area contributed by atoms with Crippen molar-refractivity contribution >= 4 is 0 Å². The molecule has 0 aromatic carbocycles. The Morgan fingerprint density at radius 3 is 2.75 bits per heavy atom. The van der Waals surface area contributed by atoms with E-state index in [9.17, 15) is 0 Å². The number of hydrogen-bond donors (Lipinski definition) is 1. The quantitative estimate of drug-likeness (QED) is 0.680. The molecule has 1 heterocycles. The molecule has 0 bridgehead atoms. The first-order valence-corrected chi connectivity index (χ1v) is 5.13. The van der Waals surface area contributed by atoms with E-state index in [-0.39, 0.29) is 0 Å². The molecular weight excluding hydrogens is 150 g/mol. The summed E-state index contributed by atoms with van der Waals surface area (Å²) in [6, 6.07) is 0. The number of rotatable bonds is 3. The van der Waals surface area contributed by atoms with Gasteiger partial charge in [0.15, 0.2) is 0 Å². The number of likely N-dealkylation sites (tertiary alicyclic amines) is 1. The Labute approximate surface area is 74.6 Å². The summed E-state index contributed by atoms with van der Waals surface area (Å²) < 4.78 is 0. The van der Waals surface area contributed by atoms with E-state index in [0.717, 1.165) is 18.4 Å². The molecule has 0 amide bonds. The summed E-state index contributed by atoms with van der Waals surface area (Å²) >= 11 is 0. The van der Waals surface area contributed by atoms with Gasteiger partial charge in [-0.05, 0) is 37.1 Å². The minimum atomic E-state index is 0.386.